The van der Waals surface area contributed by atoms with Crippen LogP contribution in [0.15, 0.2) is 18.2 Å². The van der Waals surface area contributed by atoms with Crippen molar-refractivity contribution in [3.05, 3.63) is 29.3 Å². The third-order valence-corrected chi connectivity index (χ3v) is 6.02. The normalized spacial score (nSPS) is 26.9. The Morgan fingerprint density at radius 3 is 2.64 bits per heavy atom. The van der Waals surface area contributed by atoms with Crippen molar-refractivity contribution in [1.82, 2.24) is 5.32 Å². The molecule has 152 valence electrons. The number of fused-ring (bicyclic) bond motifs is 1. The molecular formula is C19H28BN3O5. The maximum absolute atomic E-state index is 12.5. The standard InChI is InChI=1S/C19H28BN3O5/c21-9-13-5-4-11(6-14(13)10-22)7-17(24)23-16-8-12-2-1-3-15(19(25)26)18(12)28-20(16)27/h1-3,11,13-14,16,27H,4-10,21-22H2,(H,23,24)(H,25,26). The molecule has 0 radical (unpaired) electrons. The van der Waals surface area contributed by atoms with Crippen LogP contribution in [-0.2, 0) is 11.2 Å². The summed E-state index contributed by atoms with van der Waals surface area (Å²) in [5.41, 5.74) is 12.3. The van der Waals surface area contributed by atoms with E-state index in [0.29, 0.717) is 43.3 Å². The van der Waals surface area contributed by atoms with Crippen molar-refractivity contribution in [3.8, 4) is 5.75 Å². The van der Waals surface area contributed by atoms with Crippen molar-refractivity contribution >= 4 is 19.0 Å². The minimum atomic E-state index is -1.29. The third-order valence-electron chi connectivity index (χ3n) is 6.02. The predicted octanol–water partition coefficient (Wildman–Crippen LogP) is 0.164. The minimum Gasteiger partial charge on any atom is -0.534 e. The molecule has 7 N–H and O–H groups in total. The summed E-state index contributed by atoms with van der Waals surface area (Å²) in [7, 11) is -1.29. The van der Waals surface area contributed by atoms with Crippen molar-refractivity contribution in [2.45, 2.75) is 38.0 Å². The Hall–Kier alpha value is -2.10. The summed E-state index contributed by atoms with van der Waals surface area (Å²) >= 11 is 0. The summed E-state index contributed by atoms with van der Waals surface area (Å²) in [5, 5.41) is 22.4. The molecule has 9 heteroatoms. The first-order chi connectivity index (χ1) is 13.4. The number of carbonyl (C=O) groups is 2. The SMILES string of the molecule is NCC1CCC(CC(=O)NC2Cc3cccc(C(=O)O)c3OB2O)CC1CN. The number of amides is 1. The third kappa shape index (κ3) is 4.48. The van der Waals surface area contributed by atoms with E-state index in [9.17, 15) is 19.7 Å². The van der Waals surface area contributed by atoms with Crippen LogP contribution < -0.4 is 21.4 Å². The molecule has 3 rings (SSSR count). The Morgan fingerprint density at radius 2 is 1.96 bits per heavy atom. The fourth-order valence-corrected chi connectivity index (χ4v) is 4.45. The highest BCUT2D eigenvalue weighted by atomic mass is 16.5. The van der Waals surface area contributed by atoms with Crippen molar-refractivity contribution < 1.29 is 24.4 Å². The molecule has 1 fully saturated rings. The van der Waals surface area contributed by atoms with Gasteiger partial charge in [-0.05, 0) is 68.2 Å². The molecule has 4 atom stereocenters. The highest BCUT2D eigenvalue weighted by Crippen LogP contribution is 2.35. The molecule has 8 nitrogen and oxygen atoms in total. The molecule has 1 aliphatic carbocycles. The van der Waals surface area contributed by atoms with Crippen molar-refractivity contribution in [1.29, 1.82) is 0 Å². The quantitative estimate of drug-likeness (QED) is 0.436. The zero-order chi connectivity index (χ0) is 20.3. The van der Waals surface area contributed by atoms with E-state index >= 15 is 0 Å². The smallest absolute Gasteiger partial charge is 0.534 e. The fourth-order valence-electron chi connectivity index (χ4n) is 4.45. The van der Waals surface area contributed by atoms with Gasteiger partial charge in [0.1, 0.15) is 5.75 Å². The van der Waals surface area contributed by atoms with Gasteiger partial charge in [-0.1, -0.05) is 12.1 Å². The molecule has 2 aliphatic rings. The number of nitrogens with one attached hydrogen (secondary N) is 1. The molecule has 0 bridgehead atoms. The van der Waals surface area contributed by atoms with Gasteiger partial charge in [-0.2, -0.15) is 0 Å². The predicted molar refractivity (Wildman–Crippen MR) is 105 cm³/mol. The molecule has 0 spiro atoms. The topological polar surface area (TPSA) is 148 Å². The van der Waals surface area contributed by atoms with Crippen LogP contribution in [0.2, 0.25) is 0 Å². The lowest BCUT2D eigenvalue weighted by Crippen LogP contribution is -2.53. The van der Waals surface area contributed by atoms with Crippen molar-refractivity contribution in [3.63, 3.8) is 0 Å². The first-order valence-corrected chi connectivity index (χ1v) is 9.82. The van der Waals surface area contributed by atoms with Gasteiger partial charge in [0.2, 0.25) is 5.91 Å². The van der Waals surface area contributed by atoms with Gasteiger partial charge in [0, 0.05) is 6.42 Å². The van der Waals surface area contributed by atoms with Gasteiger partial charge in [0.05, 0.1) is 11.5 Å². The zero-order valence-corrected chi connectivity index (χ0v) is 15.8. The van der Waals surface area contributed by atoms with Crippen LogP contribution in [0, 0.1) is 17.8 Å². The van der Waals surface area contributed by atoms with Gasteiger partial charge in [0.25, 0.3) is 0 Å². The number of benzene rings is 1. The average Bonchev–Trinajstić information content (AvgIpc) is 2.67. The second-order valence-corrected chi connectivity index (χ2v) is 7.86. The number of hydrogen-bond acceptors (Lipinski definition) is 6. The summed E-state index contributed by atoms with van der Waals surface area (Å²) < 4.78 is 5.42. The Kier molecular flexibility index (Phi) is 6.59. The summed E-state index contributed by atoms with van der Waals surface area (Å²) in [6, 6.07) is 4.80. The number of aromatic carboxylic acids is 1. The maximum atomic E-state index is 12.5. The second kappa shape index (κ2) is 8.94. The van der Waals surface area contributed by atoms with Crippen LogP contribution in [0.1, 0.15) is 41.6 Å². The van der Waals surface area contributed by atoms with E-state index < -0.39 is 19.0 Å². The van der Waals surface area contributed by atoms with Gasteiger partial charge >= 0.3 is 13.1 Å². The molecule has 1 aliphatic heterocycles. The lowest BCUT2D eigenvalue weighted by molar-refractivity contribution is -0.122. The van der Waals surface area contributed by atoms with Gasteiger partial charge in [0.15, 0.2) is 0 Å². The fraction of sp³-hybridized carbons (Fsp3) is 0.579. The summed E-state index contributed by atoms with van der Waals surface area (Å²) in [6.07, 6.45) is 3.51. The van der Waals surface area contributed by atoms with Gasteiger partial charge in [-0.3, -0.25) is 4.79 Å². The second-order valence-electron chi connectivity index (χ2n) is 7.86. The van der Waals surface area contributed by atoms with Crippen molar-refractivity contribution in [2.75, 3.05) is 13.1 Å². The van der Waals surface area contributed by atoms with Gasteiger partial charge in [-0.15, -0.1) is 0 Å². The van der Waals surface area contributed by atoms with Crippen LogP contribution in [0.25, 0.3) is 0 Å². The monoisotopic (exact) mass is 389 g/mol. The molecule has 28 heavy (non-hydrogen) atoms. The number of carboxylic acid groups (broad SMARTS) is 1. The summed E-state index contributed by atoms with van der Waals surface area (Å²) in [6.45, 7) is 1.21. The van der Waals surface area contributed by atoms with E-state index in [-0.39, 0.29) is 23.1 Å². The Balaban J connectivity index is 1.59. The van der Waals surface area contributed by atoms with Crippen LogP contribution in [0.4, 0.5) is 0 Å². The summed E-state index contributed by atoms with van der Waals surface area (Å²) in [4.78, 5) is 23.8. The van der Waals surface area contributed by atoms with Crippen LogP contribution in [-0.4, -0.2) is 48.2 Å². The maximum Gasteiger partial charge on any atom is 0.547 e. The Bertz CT molecular complexity index is 732. The summed E-state index contributed by atoms with van der Waals surface area (Å²) in [5.74, 6) is -0.677. The number of carboxylic acids is 1. The van der Waals surface area contributed by atoms with E-state index in [1.807, 2.05) is 0 Å². The van der Waals surface area contributed by atoms with E-state index in [0.717, 1.165) is 19.3 Å². The molecule has 0 aromatic heterocycles. The molecule has 4 unspecified atom stereocenters. The average molecular weight is 389 g/mol. The van der Waals surface area contributed by atoms with Crippen molar-refractivity contribution in [2.24, 2.45) is 29.2 Å². The molecule has 1 aromatic rings. The molecule has 1 amide bonds. The number of nitrogens with two attached hydrogens (primary N) is 2. The lowest BCUT2D eigenvalue weighted by atomic mass is 9.71. The number of rotatable bonds is 6. The van der Waals surface area contributed by atoms with Crippen LogP contribution in [0.3, 0.4) is 0 Å². The first-order valence-electron chi connectivity index (χ1n) is 9.82. The van der Waals surface area contributed by atoms with Crippen LogP contribution in [0.5, 0.6) is 5.75 Å². The molecular weight excluding hydrogens is 361 g/mol. The molecule has 1 aromatic carbocycles. The van der Waals surface area contributed by atoms with E-state index in [1.54, 1.807) is 12.1 Å². The zero-order valence-electron chi connectivity index (χ0n) is 15.8. The Labute approximate surface area is 164 Å². The Morgan fingerprint density at radius 1 is 1.21 bits per heavy atom. The number of hydrogen-bond donors (Lipinski definition) is 5. The highest BCUT2D eigenvalue weighted by Gasteiger charge is 2.38. The van der Waals surface area contributed by atoms with Crippen LogP contribution >= 0.6 is 0 Å². The molecule has 1 heterocycles. The largest absolute Gasteiger partial charge is 0.547 e. The molecule has 0 saturated heterocycles. The lowest BCUT2D eigenvalue weighted by Gasteiger charge is -2.35. The number of para-hydroxylation sites is 1. The first kappa shape index (κ1) is 20.6. The van der Waals surface area contributed by atoms with E-state index in [1.165, 1.54) is 6.07 Å². The highest BCUT2D eigenvalue weighted by molar-refractivity contribution is 6.47. The van der Waals surface area contributed by atoms with Gasteiger partial charge in [-0.25, -0.2) is 4.79 Å². The van der Waals surface area contributed by atoms with E-state index in [4.69, 9.17) is 16.1 Å². The van der Waals surface area contributed by atoms with E-state index in [2.05, 4.69) is 5.32 Å². The minimum absolute atomic E-state index is 0.00539. The molecule has 1 saturated carbocycles. The number of carbonyl (C=O) groups excluding carboxylic acids is 1. The van der Waals surface area contributed by atoms with Gasteiger partial charge < -0.3 is 31.6 Å².